The summed E-state index contributed by atoms with van der Waals surface area (Å²) in [7, 11) is -2.13. The molecule has 36 heavy (non-hydrogen) atoms. The topological polar surface area (TPSA) is 97.4 Å². The molecule has 1 heterocycles. The normalized spacial score (nSPS) is 18.9. The van der Waals surface area contributed by atoms with Crippen LogP contribution in [0.3, 0.4) is 0 Å². The van der Waals surface area contributed by atoms with Crippen LogP contribution in [-0.2, 0) is 14.8 Å². The van der Waals surface area contributed by atoms with Crippen molar-refractivity contribution >= 4 is 15.9 Å². The van der Waals surface area contributed by atoms with Crippen molar-refractivity contribution in [2.75, 3.05) is 7.11 Å². The number of amides is 1. The number of carbonyl (C=O) groups excluding carboxylic acids is 1. The van der Waals surface area contributed by atoms with Crippen LogP contribution in [-0.4, -0.2) is 32.5 Å². The summed E-state index contributed by atoms with van der Waals surface area (Å²) < 4.78 is 46.9. The van der Waals surface area contributed by atoms with Crippen LogP contribution in [0.4, 0.5) is 4.39 Å². The Labute approximate surface area is 211 Å². The molecule has 2 N–H and O–H groups in total. The van der Waals surface area contributed by atoms with Gasteiger partial charge < -0.3 is 10.1 Å². The van der Waals surface area contributed by atoms with Gasteiger partial charge >= 0.3 is 0 Å². The third-order valence-electron chi connectivity index (χ3n) is 6.58. The number of ether oxygens (including phenoxy) is 1. The second-order valence-electron chi connectivity index (χ2n) is 9.06. The number of pyridine rings is 1. The van der Waals surface area contributed by atoms with Crippen LogP contribution in [0.1, 0.15) is 44.2 Å². The van der Waals surface area contributed by atoms with Crippen LogP contribution in [0.5, 0.6) is 5.75 Å². The highest BCUT2D eigenvalue weighted by atomic mass is 32.2. The van der Waals surface area contributed by atoms with Gasteiger partial charge in [-0.1, -0.05) is 12.1 Å². The lowest BCUT2D eigenvalue weighted by Crippen LogP contribution is -2.41. The predicted octanol–water partition coefficient (Wildman–Crippen LogP) is 4.61. The van der Waals surface area contributed by atoms with Crippen LogP contribution < -0.4 is 14.8 Å². The van der Waals surface area contributed by atoms with Crippen LogP contribution in [0.2, 0.25) is 0 Å². The van der Waals surface area contributed by atoms with Crippen LogP contribution in [0.15, 0.2) is 71.8 Å². The van der Waals surface area contributed by atoms with E-state index < -0.39 is 10.0 Å². The number of nitrogens with zero attached hydrogens (tertiary/aromatic N) is 1. The molecular formula is C27H30FN3O4S. The standard InChI is InChI=1S/C27H30FN3O4S/c1-18(19-3-9-22(28)10-4-19)30-27(32)21-5-11-23(12-6-21)31-36(33,34)25-15-16-26(29-17-25)20-7-13-24(35-2)14-8-20/h3-4,7-10,13-18,21,23,31H,5-6,11-12H2,1-2H3,(H,30,32)/t18-,21-,23-/m1/s1. The molecular weight excluding hydrogens is 481 g/mol. The van der Waals surface area contributed by atoms with Gasteiger partial charge in [-0.25, -0.2) is 17.5 Å². The maximum absolute atomic E-state index is 13.1. The summed E-state index contributed by atoms with van der Waals surface area (Å²) in [6, 6.07) is 16.2. The van der Waals surface area contributed by atoms with E-state index in [1.807, 2.05) is 31.2 Å². The first-order chi connectivity index (χ1) is 17.2. The Hall–Kier alpha value is -3.30. The molecule has 9 heteroatoms. The summed E-state index contributed by atoms with van der Waals surface area (Å²) in [5.41, 5.74) is 2.36. The van der Waals surface area contributed by atoms with E-state index in [2.05, 4.69) is 15.0 Å². The Morgan fingerprint density at radius 2 is 1.67 bits per heavy atom. The van der Waals surface area contributed by atoms with Gasteiger partial charge in [0.25, 0.3) is 0 Å². The fourth-order valence-corrected chi connectivity index (χ4v) is 5.65. The van der Waals surface area contributed by atoms with Crippen LogP contribution >= 0.6 is 0 Å². The SMILES string of the molecule is COc1ccc(-c2ccc(S(=O)(=O)N[C@H]3CC[C@H](C(=O)N[C@H](C)c4ccc(F)cc4)CC3)cn2)cc1. The van der Waals surface area contributed by atoms with Gasteiger partial charge in [0, 0.05) is 23.7 Å². The molecule has 1 aliphatic rings. The summed E-state index contributed by atoms with van der Waals surface area (Å²) in [6.45, 7) is 1.86. The summed E-state index contributed by atoms with van der Waals surface area (Å²) >= 11 is 0. The average molecular weight is 512 g/mol. The Kier molecular flexibility index (Phi) is 8.01. The maximum atomic E-state index is 13.1. The molecule has 0 saturated heterocycles. The predicted molar refractivity (Wildman–Crippen MR) is 135 cm³/mol. The molecule has 2 aromatic carbocycles. The van der Waals surface area contributed by atoms with Crippen molar-refractivity contribution in [1.29, 1.82) is 0 Å². The van der Waals surface area contributed by atoms with E-state index in [1.165, 1.54) is 18.3 Å². The Morgan fingerprint density at radius 3 is 2.25 bits per heavy atom. The number of hydrogen-bond acceptors (Lipinski definition) is 5. The lowest BCUT2D eigenvalue weighted by Gasteiger charge is -2.29. The first-order valence-corrected chi connectivity index (χ1v) is 13.4. The molecule has 1 saturated carbocycles. The van der Waals surface area contributed by atoms with Crippen LogP contribution in [0, 0.1) is 11.7 Å². The molecule has 1 aromatic heterocycles. The number of methoxy groups -OCH3 is 1. The molecule has 0 aliphatic heterocycles. The Bertz CT molecular complexity index is 1270. The maximum Gasteiger partial charge on any atom is 0.242 e. The molecule has 0 spiro atoms. The number of rotatable bonds is 8. The minimum Gasteiger partial charge on any atom is -0.497 e. The highest BCUT2D eigenvalue weighted by Gasteiger charge is 2.30. The molecule has 1 amide bonds. The van der Waals surface area contributed by atoms with Crippen molar-refractivity contribution in [3.05, 3.63) is 78.2 Å². The quantitative estimate of drug-likeness (QED) is 0.460. The van der Waals surface area contributed by atoms with Gasteiger partial charge in [-0.15, -0.1) is 0 Å². The van der Waals surface area contributed by atoms with Gasteiger partial charge in [0.15, 0.2) is 0 Å². The van der Waals surface area contributed by atoms with Crippen molar-refractivity contribution in [2.45, 2.75) is 49.6 Å². The molecule has 4 rings (SSSR count). The first-order valence-electron chi connectivity index (χ1n) is 11.9. The smallest absolute Gasteiger partial charge is 0.242 e. The van der Waals surface area contributed by atoms with Crippen molar-refractivity contribution < 1.29 is 22.3 Å². The minimum atomic E-state index is -3.73. The van der Waals surface area contributed by atoms with Gasteiger partial charge in [-0.3, -0.25) is 9.78 Å². The monoisotopic (exact) mass is 511 g/mol. The van der Waals surface area contributed by atoms with Crippen molar-refractivity contribution in [1.82, 2.24) is 15.0 Å². The summed E-state index contributed by atoms with van der Waals surface area (Å²) in [5.74, 6) is 0.171. The summed E-state index contributed by atoms with van der Waals surface area (Å²) in [6.07, 6.45) is 3.67. The van der Waals surface area contributed by atoms with E-state index in [4.69, 9.17) is 4.74 Å². The molecule has 1 fully saturated rings. The zero-order valence-electron chi connectivity index (χ0n) is 20.3. The molecule has 0 unspecified atom stereocenters. The van der Waals surface area contributed by atoms with Gasteiger partial charge in [-0.05, 0) is 86.7 Å². The zero-order chi connectivity index (χ0) is 25.7. The summed E-state index contributed by atoms with van der Waals surface area (Å²) in [5, 5.41) is 2.98. The van der Waals surface area contributed by atoms with E-state index in [0.29, 0.717) is 31.4 Å². The first kappa shape index (κ1) is 25.8. The number of halogens is 1. The highest BCUT2D eigenvalue weighted by Crippen LogP contribution is 2.27. The zero-order valence-corrected chi connectivity index (χ0v) is 21.1. The number of nitrogens with one attached hydrogen (secondary N) is 2. The molecule has 0 bridgehead atoms. The molecule has 7 nitrogen and oxygen atoms in total. The van der Waals surface area contributed by atoms with E-state index in [9.17, 15) is 17.6 Å². The second kappa shape index (κ2) is 11.2. The second-order valence-corrected chi connectivity index (χ2v) is 10.8. The Morgan fingerprint density at radius 1 is 1.00 bits per heavy atom. The number of carbonyl (C=O) groups is 1. The van der Waals surface area contributed by atoms with Gasteiger partial charge in [-0.2, -0.15) is 0 Å². The van der Waals surface area contributed by atoms with E-state index in [1.54, 1.807) is 31.4 Å². The fraction of sp³-hybridized carbons (Fsp3) is 0.333. The lowest BCUT2D eigenvalue weighted by atomic mass is 9.85. The van der Waals surface area contributed by atoms with E-state index in [0.717, 1.165) is 16.9 Å². The number of sulfonamides is 1. The molecule has 3 aromatic rings. The number of benzene rings is 2. The number of aromatic nitrogens is 1. The molecule has 0 radical (unpaired) electrons. The lowest BCUT2D eigenvalue weighted by molar-refractivity contribution is -0.126. The third kappa shape index (κ3) is 6.27. The van der Waals surface area contributed by atoms with Crippen molar-refractivity contribution in [2.24, 2.45) is 5.92 Å². The largest absolute Gasteiger partial charge is 0.497 e. The third-order valence-corrected chi connectivity index (χ3v) is 8.09. The molecule has 1 aliphatic carbocycles. The van der Waals surface area contributed by atoms with Crippen LogP contribution in [0.25, 0.3) is 11.3 Å². The van der Waals surface area contributed by atoms with Crippen molar-refractivity contribution in [3.63, 3.8) is 0 Å². The van der Waals surface area contributed by atoms with E-state index in [-0.39, 0.29) is 34.6 Å². The average Bonchev–Trinajstić information content (AvgIpc) is 2.89. The number of hydrogen-bond donors (Lipinski definition) is 2. The van der Waals surface area contributed by atoms with Gasteiger partial charge in [0.05, 0.1) is 18.8 Å². The summed E-state index contributed by atoms with van der Waals surface area (Å²) in [4.78, 5) is 17.1. The molecule has 190 valence electrons. The van der Waals surface area contributed by atoms with Gasteiger partial charge in [0.1, 0.15) is 16.5 Å². The molecule has 1 atom stereocenters. The highest BCUT2D eigenvalue weighted by molar-refractivity contribution is 7.89. The fourth-order valence-electron chi connectivity index (χ4n) is 4.40. The van der Waals surface area contributed by atoms with E-state index >= 15 is 0 Å². The minimum absolute atomic E-state index is 0.0635. The van der Waals surface area contributed by atoms with Gasteiger partial charge in [0.2, 0.25) is 15.9 Å². The van der Waals surface area contributed by atoms with Crippen molar-refractivity contribution in [3.8, 4) is 17.0 Å². The Balaban J connectivity index is 1.30.